The summed E-state index contributed by atoms with van der Waals surface area (Å²) in [6.07, 6.45) is 4.51. The van der Waals surface area contributed by atoms with Crippen molar-refractivity contribution in [3.05, 3.63) is 29.8 Å². The van der Waals surface area contributed by atoms with Gasteiger partial charge in [0, 0.05) is 6.04 Å². The molecule has 1 aromatic rings. The van der Waals surface area contributed by atoms with Crippen molar-refractivity contribution in [1.29, 1.82) is 5.26 Å². The van der Waals surface area contributed by atoms with Crippen molar-refractivity contribution in [3.8, 4) is 11.8 Å². The minimum absolute atomic E-state index is 0.0997. The van der Waals surface area contributed by atoms with Crippen LogP contribution in [0.25, 0.3) is 0 Å². The second kappa shape index (κ2) is 5.00. The third kappa shape index (κ3) is 2.53. The molecule has 1 saturated carbocycles. The van der Waals surface area contributed by atoms with Gasteiger partial charge in [0.05, 0.1) is 11.6 Å². The van der Waals surface area contributed by atoms with Crippen LogP contribution in [0.1, 0.15) is 31.2 Å². The zero-order chi connectivity index (χ0) is 11.4. The number of rotatable bonds is 2. The first kappa shape index (κ1) is 11.0. The summed E-state index contributed by atoms with van der Waals surface area (Å²) in [6, 6.07) is 9.48. The van der Waals surface area contributed by atoms with E-state index in [0.717, 1.165) is 18.6 Å². The van der Waals surface area contributed by atoms with Gasteiger partial charge in [-0.1, -0.05) is 12.5 Å². The summed E-state index contributed by atoms with van der Waals surface area (Å²) in [5.74, 6) is 0.751. The highest BCUT2D eigenvalue weighted by Crippen LogP contribution is 2.23. The van der Waals surface area contributed by atoms with E-state index in [1.54, 1.807) is 12.1 Å². The number of hydrogen-bond donors (Lipinski definition) is 1. The third-order valence-electron chi connectivity index (χ3n) is 3.00. The molecule has 2 rings (SSSR count). The number of benzene rings is 1. The molecule has 3 nitrogen and oxygen atoms in total. The molecule has 2 N–H and O–H groups in total. The zero-order valence-corrected chi connectivity index (χ0v) is 9.23. The van der Waals surface area contributed by atoms with Gasteiger partial charge in [0.2, 0.25) is 0 Å². The number of nitrogens with zero attached hydrogens (tertiary/aromatic N) is 1. The fourth-order valence-corrected chi connectivity index (χ4v) is 2.09. The van der Waals surface area contributed by atoms with E-state index in [2.05, 4.69) is 6.07 Å². The summed E-state index contributed by atoms with van der Waals surface area (Å²) in [5, 5.41) is 8.79. The number of hydrogen-bond acceptors (Lipinski definition) is 3. The molecule has 0 amide bonds. The lowest BCUT2D eigenvalue weighted by molar-refractivity contribution is 0.132. The highest BCUT2D eigenvalue weighted by Gasteiger charge is 2.23. The molecule has 16 heavy (non-hydrogen) atoms. The SMILES string of the molecule is N#Cc1cccc(OC2CCCCC2N)c1. The van der Waals surface area contributed by atoms with Gasteiger partial charge in [0.25, 0.3) is 0 Å². The fourth-order valence-electron chi connectivity index (χ4n) is 2.09. The van der Waals surface area contributed by atoms with E-state index in [0.29, 0.717) is 5.56 Å². The van der Waals surface area contributed by atoms with E-state index >= 15 is 0 Å². The van der Waals surface area contributed by atoms with Crippen molar-refractivity contribution in [2.24, 2.45) is 5.73 Å². The van der Waals surface area contributed by atoms with Gasteiger partial charge < -0.3 is 10.5 Å². The molecule has 1 aliphatic rings. The molecule has 0 bridgehead atoms. The van der Waals surface area contributed by atoms with Gasteiger partial charge in [0.1, 0.15) is 11.9 Å². The van der Waals surface area contributed by atoms with Crippen LogP contribution in [0.4, 0.5) is 0 Å². The average Bonchev–Trinajstić information content (AvgIpc) is 2.32. The Morgan fingerprint density at radius 2 is 2.12 bits per heavy atom. The number of nitriles is 1. The summed E-state index contributed by atoms with van der Waals surface area (Å²) in [6.45, 7) is 0. The van der Waals surface area contributed by atoms with Gasteiger partial charge >= 0.3 is 0 Å². The van der Waals surface area contributed by atoms with Crippen LogP contribution in [0.2, 0.25) is 0 Å². The van der Waals surface area contributed by atoms with E-state index in [-0.39, 0.29) is 12.1 Å². The molecule has 0 spiro atoms. The zero-order valence-electron chi connectivity index (χ0n) is 9.23. The van der Waals surface area contributed by atoms with Crippen molar-refractivity contribution < 1.29 is 4.74 Å². The van der Waals surface area contributed by atoms with Crippen molar-refractivity contribution in [3.63, 3.8) is 0 Å². The lowest BCUT2D eigenvalue weighted by Crippen LogP contribution is -2.41. The molecule has 1 aliphatic carbocycles. The Bertz CT molecular complexity index is 397. The first-order chi connectivity index (χ1) is 7.79. The van der Waals surface area contributed by atoms with E-state index < -0.39 is 0 Å². The van der Waals surface area contributed by atoms with Crippen LogP contribution in [-0.4, -0.2) is 12.1 Å². The molecule has 0 aromatic heterocycles. The maximum atomic E-state index is 8.79. The average molecular weight is 216 g/mol. The molecule has 0 radical (unpaired) electrons. The van der Waals surface area contributed by atoms with E-state index in [1.807, 2.05) is 12.1 Å². The van der Waals surface area contributed by atoms with Gasteiger partial charge in [-0.3, -0.25) is 0 Å². The van der Waals surface area contributed by atoms with Crippen LogP contribution < -0.4 is 10.5 Å². The maximum absolute atomic E-state index is 8.79. The van der Waals surface area contributed by atoms with E-state index in [9.17, 15) is 0 Å². The normalized spacial score (nSPS) is 24.8. The van der Waals surface area contributed by atoms with Crippen molar-refractivity contribution in [2.75, 3.05) is 0 Å². The molecule has 3 heteroatoms. The predicted molar refractivity (Wildman–Crippen MR) is 62.0 cm³/mol. The summed E-state index contributed by atoms with van der Waals surface area (Å²) < 4.78 is 5.83. The molecular formula is C13H16N2O. The highest BCUT2D eigenvalue weighted by atomic mass is 16.5. The van der Waals surface area contributed by atoms with Crippen LogP contribution in [0.5, 0.6) is 5.75 Å². The summed E-state index contributed by atoms with van der Waals surface area (Å²) in [7, 11) is 0. The largest absolute Gasteiger partial charge is 0.489 e. The van der Waals surface area contributed by atoms with Gasteiger partial charge in [-0.05, 0) is 37.5 Å². The van der Waals surface area contributed by atoms with Crippen molar-refractivity contribution >= 4 is 0 Å². The first-order valence-electron chi connectivity index (χ1n) is 5.72. The standard InChI is InChI=1S/C13H16N2O/c14-9-10-4-3-5-11(8-10)16-13-7-2-1-6-12(13)15/h3-5,8,12-13H,1-2,6-7,15H2. The molecule has 2 unspecified atom stereocenters. The summed E-state index contributed by atoms with van der Waals surface area (Å²) in [5.41, 5.74) is 6.63. The predicted octanol–water partition coefficient (Wildman–Crippen LogP) is 2.21. The molecule has 1 aromatic carbocycles. The van der Waals surface area contributed by atoms with Gasteiger partial charge in [-0.15, -0.1) is 0 Å². The fraction of sp³-hybridized carbons (Fsp3) is 0.462. The molecule has 84 valence electrons. The van der Waals surface area contributed by atoms with Crippen LogP contribution >= 0.6 is 0 Å². The third-order valence-corrected chi connectivity index (χ3v) is 3.00. The lowest BCUT2D eigenvalue weighted by atomic mass is 9.93. The highest BCUT2D eigenvalue weighted by molar-refractivity contribution is 5.36. The molecule has 0 aliphatic heterocycles. The summed E-state index contributed by atoms with van der Waals surface area (Å²) >= 11 is 0. The van der Waals surface area contributed by atoms with Crippen molar-refractivity contribution in [2.45, 2.75) is 37.8 Å². The van der Waals surface area contributed by atoms with Crippen LogP contribution in [0, 0.1) is 11.3 Å². The molecule has 0 heterocycles. The Morgan fingerprint density at radius 3 is 2.88 bits per heavy atom. The Hall–Kier alpha value is -1.53. The molecule has 0 saturated heterocycles. The Labute approximate surface area is 95.8 Å². The quantitative estimate of drug-likeness (QED) is 0.824. The van der Waals surface area contributed by atoms with E-state index in [4.69, 9.17) is 15.7 Å². The van der Waals surface area contributed by atoms with Gasteiger partial charge in [0.15, 0.2) is 0 Å². The number of nitrogens with two attached hydrogens (primary N) is 1. The Balaban J connectivity index is 2.05. The Kier molecular flexibility index (Phi) is 3.43. The minimum Gasteiger partial charge on any atom is -0.489 e. The first-order valence-corrected chi connectivity index (χ1v) is 5.72. The smallest absolute Gasteiger partial charge is 0.121 e. The monoisotopic (exact) mass is 216 g/mol. The second-order valence-electron chi connectivity index (χ2n) is 4.24. The second-order valence-corrected chi connectivity index (χ2v) is 4.24. The molecule has 1 fully saturated rings. The van der Waals surface area contributed by atoms with Gasteiger partial charge in [-0.2, -0.15) is 5.26 Å². The van der Waals surface area contributed by atoms with Crippen LogP contribution in [0.15, 0.2) is 24.3 Å². The topological polar surface area (TPSA) is 59.0 Å². The van der Waals surface area contributed by atoms with Gasteiger partial charge in [-0.25, -0.2) is 0 Å². The Morgan fingerprint density at radius 1 is 1.31 bits per heavy atom. The van der Waals surface area contributed by atoms with Crippen molar-refractivity contribution in [1.82, 2.24) is 0 Å². The minimum atomic E-state index is 0.0997. The van der Waals surface area contributed by atoms with E-state index in [1.165, 1.54) is 12.8 Å². The number of ether oxygens (including phenoxy) is 1. The molecule has 2 atom stereocenters. The molecular weight excluding hydrogens is 200 g/mol. The maximum Gasteiger partial charge on any atom is 0.121 e. The summed E-state index contributed by atoms with van der Waals surface area (Å²) in [4.78, 5) is 0. The lowest BCUT2D eigenvalue weighted by Gasteiger charge is -2.29. The van der Waals surface area contributed by atoms with Crippen LogP contribution in [-0.2, 0) is 0 Å². The van der Waals surface area contributed by atoms with Crippen LogP contribution in [0.3, 0.4) is 0 Å².